The average Bonchev–Trinajstić information content (AvgIpc) is 2.19. The van der Waals surface area contributed by atoms with Crippen LogP contribution in [0.15, 0.2) is 18.2 Å². The quantitative estimate of drug-likeness (QED) is 0.632. The number of rotatable bonds is 4. The van der Waals surface area contributed by atoms with Crippen LogP contribution >= 0.6 is 34.8 Å². The van der Waals surface area contributed by atoms with Gasteiger partial charge in [-0.3, -0.25) is 0 Å². The van der Waals surface area contributed by atoms with Gasteiger partial charge in [-0.1, -0.05) is 47.0 Å². The molecule has 0 aliphatic rings. The summed E-state index contributed by atoms with van der Waals surface area (Å²) in [7, 11) is 1.91. The number of nitrogens with one attached hydrogen (secondary N) is 1. The summed E-state index contributed by atoms with van der Waals surface area (Å²) in [6.07, 6.45) is 4.90. The monoisotopic (exact) mass is 263 g/mol. The molecule has 0 fully saturated rings. The van der Waals surface area contributed by atoms with E-state index in [4.69, 9.17) is 34.8 Å². The Morgan fingerprint density at radius 1 is 1.27 bits per heavy atom. The Morgan fingerprint density at radius 3 is 2.67 bits per heavy atom. The molecule has 82 valence electrons. The number of halogens is 3. The molecule has 1 rings (SSSR count). The Kier molecular flexibility index (Phi) is 5.48. The van der Waals surface area contributed by atoms with Crippen molar-refractivity contribution in [2.45, 2.75) is 6.42 Å². The first kappa shape index (κ1) is 12.9. The molecule has 0 aromatic heterocycles. The van der Waals surface area contributed by atoms with Gasteiger partial charge in [0.15, 0.2) is 0 Å². The van der Waals surface area contributed by atoms with Gasteiger partial charge in [-0.05, 0) is 37.7 Å². The van der Waals surface area contributed by atoms with Crippen molar-refractivity contribution >= 4 is 40.9 Å². The number of hydrogen-bond donors (Lipinski definition) is 1. The fraction of sp³-hybridized carbons (Fsp3) is 0.273. The lowest BCUT2D eigenvalue weighted by Crippen LogP contribution is -2.05. The molecule has 1 aromatic carbocycles. The molecule has 0 unspecified atom stereocenters. The van der Waals surface area contributed by atoms with Crippen LogP contribution in [0.2, 0.25) is 15.1 Å². The first-order valence-electron chi connectivity index (χ1n) is 4.61. The predicted molar refractivity (Wildman–Crippen MR) is 69.0 cm³/mol. The molecule has 0 saturated carbocycles. The van der Waals surface area contributed by atoms with Crippen LogP contribution < -0.4 is 5.32 Å². The molecule has 1 nitrogen and oxygen atoms in total. The van der Waals surface area contributed by atoms with Gasteiger partial charge in [0.1, 0.15) is 0 Å². The van der Waals surface area contributed by atoms with Crippen LogP contribution in [0.4, 0.5) is 0 Å². The van der Waals surface area contributed by atoms with Gasteiger partial charge in [0.05, 0.1) is 10.0 Å². The highest BCUT2D eigenvalue weighted by Gasteiger charge is 2.03. The van der Waals surface area contributed by atoms with E-state index in [0.717, 1.165) is 18.5 Å². The van der Waals surface area contributed by atoms with E-state index in [2.05, 4.69) is 5.32 Å². The predicted octanol–water partition coefficient (Wildman–Crippen LogP) is 4.27. The van der Waals surface area contributed by atoms with Crippen LogP contribution in [0.1, 0.15) is 12.0 Å². The SMILES string of the molecule is CNCCC=Cc1cc(Cl)cc(Cl)c1Cl. The Bertz CT molecular complexity index is 361. The summed E-state index contributed by atoms with van der Waals surface area (Å²) in [6, 6.07) is 3.43. The third-order valence-electron chi connectivity index (χ3n) is 1.88. The van der Waals surface area contributed by atoms with E-state index in [1.54, 1.807) is 12.1 Å². The zero-order chi connectivity index (χ0) is 11.3. The molecule has 0 saturated heterocycles. The van der Waals surface area contributed by atoms with Crippen molar-refractivity contribution in [3.8, 4) is 0 Å². The lowest BCUT2D eigenvalue weighted by molar-refractivity contribution is 0.809. The van der Waals surface area contributed by atoms with Crippen LogP contribution in [-0.2, 0) is 0 Å². The lowest BCUT2D eigenvalue weighted by atomic mass is 10.2. The Morgan fingerprint density at radius 2 is 2.00 bits per heavy atom. The zero-order valence-electron chi connectivity index (χ0n) is 8.36. The normalized spacial score (nSPS) is 11.2. The molecule has 4 heteroatoms. The highest BCUT2D eigenvalue weighted by molar-refractivity contribution is 6.44. The zero-order valence-corrected chi connectivity index (χ0v) is 10.6. The van der Waals surface area contributed by atoms with Gasteiger partial charge < -0.3 is 5.32 Å². The van der Waals surface area contributed by atoms with Crippen LogP contribution in [0.25, 0.3) is 6.08 Å². The molecule has 0 spiro atoms. The molecular weight excluding hydrogens is 252 g/mol. The Balaban J connectivity index is 2.80. The van der Waals surface area contributed by atoms with E-state index in [1.165, 1.54) is 0 Å². The first-order chi connectivity index (χ1) is 7.15. The lowest BCUT2D eigenvalue weighted by Gasteiger charge is -2.02. The summed E-state index contributed by atoms with van der Waals surface area (Å²) in [4.78, 5) is 0. The molecule has 15 heavy (non-hydrogen) atoms. The second kappa shape index (κ2) is 6.39. The summed E-state index contributed by atoms with van der Waals surface area (Å²) in [5.41, 5.74) is 0.852. The van der Waals surface area contributed by atoms with E-state index in [-0.39, 0.29) is 0 Å². The summed E-state index contributed by atoms with van der Waals surface area (Å²) < 4.78 is 0. The Hall–Kier alpha value is -0.210. The average molecular weight is 265 g/mol. The summed E-state index contributed by atoms with van der Waals surface area (Å²) in [6.45, 7) is 0.933. The summed E-state index contributed by atoms with van der Waals surface area (Å²) >= 11 is 17.8. The molecule has 0 heterocycles. The van der Waals surface area contributed by atoms with E-state index in [1.807, 2.05) is 19.2 Å². The van der Waals surface area contributed by atoms with Gasteiger partial charge in [0, 0.05) is 5.02 Å². The molecule has 0 radical (unpaired) electrons. The highest BCUT2D eigenvalue weighted by Crippen LogP contribution is 2.30. The Labute approximate surface area is 105 Å². The van der Waals surface area contributed by atoms with E-state index >= 15 is 0 Å². The van der Waals surface area contributed by atoms with Crippen LogP contribution in [0.3, 0.4) is 0 Å². The fourth-order valence-electron chi connectivity index (χ4n) is 1.14. The second-order valence-electron chi connectivity index (χ2n) is 3.09. The molecule has 1 N–H and O–H groups in total. The molecule has 0 aliphatic heterocycles. The summed E-state index contributed by atoms with van der Waals surface area (Å²) in [5.74, 6) is 0. The minimum absolute atomic E-state index is 0.484. The first-order valence-corrected chi connectivity index (χ1v) is 5.74. The minimum atomic E-state index is 0.484. The second-order valence-corrected chi connectivity index (χ2v) is 4.31. The fourth-order valence-corrected chi connectivity index (χ4v) is 1.82. The van der Waals surface area contributed by atoms with Gasteiger partial charge in [-0.25, -0.2) is 0 Å². The third kappa shape index (κ3) is 4.04. The van der Waals surface area contributed by atoms with Crippen LogP contribution in [-0.4, -0.2) is 13.6 Å². The molecular formula is C11H12Cl3N. The van der Waals surface area contributed by atoms with Gasteiger partial charge in [-0.15, -0.1) is 0 Å². The van der Waals surface area contributed by atoms with Crippen LogP contribution in [0.5, 0.6) is 0 Å². The maximum absolute atomic E-state index is 6.02. The van der Waals surface area contributed by atoms with E-state index in [9.17, 15) is 0 Å². The third-order valence-corrected chi connectivity index (χ3v) is 2.91. The van der Waals surface area contributed by atoms with Crippen molar-refractivity contribution in [2.24, 2.45) is 0 Å². The van der Waals surface area contributed by atoms with Crippen molar-refractivity contribution in [3.05, 3.63) is 38.8 Å². The molecule has 0 atom stereocenters. The van der Waals surface area contributed by atoms with Gasteiger partial charge in [-0.2, -0.15) is 0 Å². The summed E-state index contributed by atoms with van der Waals surface area (Å²) in [5, 5.41) is 4.68. The molecule has 0 aliphatic carbocycles. The standard InChI is InChI=1S/C11H12Cl3N/c1-15-5-3-2-4-8-6-9(12)7-10(13)11(8)14/h2,4,6-7,15H,3,5H2,1H3. The highest BCUT2D eigenvalue weighted by atomic mass is 35.5. The van der Waals surface area contributed by atoms with Gasteiger partial charge in [0.25, 0.3) is 0 Å². The van der Waals surface area contributed by atoms with Crippen LogP contribution in [0, 0.1) is 0 Å². The maximum atomic E-state index is 6.02. The van der Waals surface area contributed by atoms with Crippen molar-refractivity contribution < 1.29 is 0 Å². The molecule has 1 aromatic rings. The molecule has 0 bridgehead atoms. The molecule has 0 amide bonds. The van der Waals surface area contributed by atoms with Crippen molar-refractivity contribution in [2.75, 3.05) is 13.6 Å². The largest absolute Gasteiger partial charge is 0.319 e. The van der Waals surface area contributed by atoms with E-state index < -0.39 is 0 Å². The topological polar surface area (TPSA) is 12.0 Å². The van der Waals surface area contributed by atoms with Gasteiger partial charge in [0.2, 0.25) is 0 Å². The smallest absolute Gasteiger partial charge is 0.0665 e. The van der Waals surface area contributed by atoms with Gasteiger partial charge >= 0.3 is 0 Å². The van der Waals surface area contributed by atoms with Crippen molar-refractivity contribution in [1.82, 2.24) is 5.32 Å². The maximum Gasteiger partial charge on any atom is 0.0665 e. The number of benzene rings is 1. The van der Waals surface area contributed by atoms with Crippen molar-refractivity contribution in [1.29, 1.82) is 0 Å². The number of hydrogen-bond acceptors (Lipinski definition) is 1. The van der Waals surface area contributed by atoms with E-state index in [0.29, 0.717) is 15.1 Å². The van der Waals surface area contributed by atoms with Crippen molar-refractivity contribution in [3.63, 3.8) is 0 Å². The minimum Gasteiger partial charge on any atom is -0.319 e.